The highest BCUT2D eigenvalue weighted by Crippen LogP contribution is 2.32. The lowest BCUT2D eigenvalue weighted by atomic mass is 10.1. The second-order valence-corrected chi connectivity index (χ2v) is 7.36. The number of benzene rings is 2. The number of aliphatic hydroxyl groups excluding tert-OH is 1. The van der Waals surface area contributed by atoms with E-state index in [2.05, 4.69) is 20.7 Å². The maximum absolute atomic E-state index is 12.4. The van der Waals surface area contributed by atoms with Crippen molar-refractivity contribution < 1.29 is 19.4 Å². The molecule has 0 atom stereocenters. The summed E-state index contributed by atoms with van der Waals surface area (Å²) in [5.74, 6) is 1.87. The molecule has 0 radical (unpaired) electrons. The van der Waals surface area contributed by atoms with E-state index in [1.165, 1.54) is 0 Å². The SMILES string of the molecule is C/C(=N\NC(=O)c1ccc(CSc2nncn2C)cc1)c1ccc2c(c1)OCO2.CO. The van der Waals surface area contributed by atoms with E-state index in [1.54, 1.807) is 30.2 Å². The van der Waals surface area contributed by atoms with Crippen LogP contribution in [0.25, 0.3) is 0 Å². The Balaban J connectivity index is 0.00000132. The van der Waals surface area contributed by atoms with E-state index < -0.39 is 0 Å². The summed E-state index contributed by atoms with van der Waals surface area (Å²) in [5.41, 5.74) is 5.76. The highest BCUT2D eigenvalue weighted by atomic mass is 32.2. The van der Waals surface area contributed by atoms with Gasteiger partial charge < -0.3 is 19.1 Å². The molecule has 9 nitrogen and oxygen atoms in total. The molecular formula is C21H23N5O4S. The summed E-state index contributed by atoms with van der Waals surface area (Å²) in [7, 11) is 2.90. The van der Waals surface area contributed by atoms with Gasteiger partial charge in [-0.2, -0.15) is 5.10 Å². The first-order chi connectivity index (χ1) is 15.1. The summed E-state index contributed by atoms with van der Waals surface area (Å²) in [6.45, 7) is 2.05. The topological polar surface area (TPSA) is 111 Å². The van der Waals surface area contributed by atoms with Crippen molar-refractivity contribution in [2.24, 2.45) is 12.1 Å². The fourth-order valence-corrected chi connectivity index (χ4v) is 3.53. The summed E-state index contributed by atoms with van der Waals surface area (Å²) in [5, 5.41) is 19.9. The summed E-state index contributed by atoms with van der Waals surface area (Å²) >= 11 is 1.59. The predicted molar refractivity (Wildman–Crippen MR) is 117 cm³/mol. The molecule has 1 aliphatic heterocycles. The molecule has 2 heterocycles. The number of amides is 1. The van der Waals surface area contributed by atoms with Gasteiger partial charge in [0.05, 0.1) is 5.71 Å². The van der Waals surface area contributed by atoms with Crippen molar-refractivity contribution in [3.8, 4) is 11.5 Å². The third-order valence-corrected chi connectivity index (χ3v) is 5.47. The number of hydrazone groups is 1. The van der Waals surface area contributed by atoms with E-state index in [-0.39, 0.29) is 12.7 Å². The molecule has 162 valence electrons. The molecule has 3 aromatic rings. The first kappa shape index (κ1) is 22.3. The molecule has 10 heteroatoms. The second-order valence-electron chi connectivity index (χ2n) is 6.42. The van der Waals surface area contributed by atoms with E-state index in [9.17, 15) is 4.79 Å². The summed E-state index contributed by atoms with van der Waals surface area (Å²) in [4.78, 5) is 12.4. The van der Waals surface area contributed by atoms with Crippen molar-refractivity contribution in [1.82, 2.24) is 20.2 Å². The van der Waals surface area contributed by atoms with Gasteiger partial charge >= 0.3 is 0 Å². The molecule has 4 rings (SSSR count). The standard InChI is InChI=1S/C20H19N5O3S.CH4O/c1-13(16-7-8-17-18(9-16)28-12-27-17)22-23-19(26)15-5-3-14(4-6-15)10-29-20-24-21-11-25(20)2;1-2/h3-9,11H,10,12H2,1-2H3,(H,23,26);2H,1H3/b22-13+;. The zero-order valence-corrected chi connectivity index (χ0v) is 18.2. The van der Waals surface area contributed by atoms with Crippen LogP contribution in [0.5, 0.6) is 11.5 Å². The first-order valence-corrected chi connectivity index (χ1v) is 10.3. The van der Waals surface area contributed by atoms with Gasteiger partial charge in [-0.05, 0) is 42.8 Å². The number of hydrogen-bond donors (Lipinski definition) is 2. The van der Waals surface area contributed by atoms with Crippen molar-refractivity contribution in [2.45, 2.75) is 17.8 Å². The van der Waals surface area contributed by atoms with Crippen LogP contribution >= 0.6 is 11.8 Å². The molecule has 2 N–H and O–H groups in total. The van der Waals surface area contributed by atoms with Crippen LogP contribution in [-0.4, -0.2) is 45.4 Å². The normalized spacial score (nSPS) is 12.2. The third-order valence-electron chi connectivity index (χ3n) is 4.37. The number of hydrogen-bond acceptors (Lipinski definition) is 8. The fourth-order valence-electron chi connectivity index (χ4n) is 2.69. The van der Waals surface area contributed by atoms with Gasteiger partial charge in [0.1, 0.15) is 6.33 Å². The van der Waals surface area contributed by atoms with Crippen molar-refractivity contribution in [3.05, 3.63) is 65.5 Å². The number of fused-ring (bicyclic) bond motifs is 1. The Kier molecular flexibility index (Phi) is 7.63. The average Bonchev–Trinajstić information content (AvgIpc) is 3.45. The number of carbonyl (C=O) groups excluding carboxylic acids is 1. The quantitative estimate of drug-likeness (QED) is 0.344. The first-order valence-electron chi connectivity index (χ1n) is 9.35. The van der Waals surface area contributed by atoms with Gasteiger partial charge in [-0.25, -0.2) is 5.43 Å². The van der Waals surface area contributed by atoms with Crippen molar-refractivity contribution in [3.63, 3.8) is 0 Å². The Morgan fingerprint density at radius 3 is 2.58 bits per heavy atom. The summed E-state index contributed by atoms with van der Waals surface area (Å²) in [6.07, 6.45) is 1.67. The van der Waals surface area contributed by atoms with Gasteiger partial charge in [-0.3, -0.25) is 4.79 Å². The molecule has 0 bridgehead atoms. The van der Waals surface area contributed by atoms with E-state index in [0.717, 1.165) is 29.1 Å². The Bertz CT molecular complexity index is 1070. The molecule has 0 unspecified atom stereocenters. The lowest BCUT2D eigenvalue weighted by Crippen LogP contribution is -2.19. The number of nitrogens with zero attached hydrogens (tertiary/aromatic N) is 4. The number of nitrogens with one attached hydrogen (secondary N) is 1. The number of aromatic nitrogens is 3. The molecule has 2 aromatic carbocycles. The van der Waals surface area contributed by atoms with Gasteiger partial charge in [0.15, 0.2) is 16.7 Å². The minimum absolute atomic E-state index is 0.221. The maximum atomic E-state index is 12.4. The Morgan fingerprint density at radius 1 is 1.16 bits per heavy atom. The number of carbonyl (C=O) groups is 1. The molecule has 1 amide bonds. The minimum Gasteiger partial charge on any atom is -0.454 e. The molecular weight excluding hydrogens is 418 g/mol. The van der Waals surface area contributed by atoms with Crippen LogP contribution in [0.2, 0.25) is 0 Å². The van der Waals surface area contributed by atoms with Crippen LogP contribution < -0.4 is 14.9 Å². The molecule has 0 spiro atoms. The van der Waals surface area contributed by atoms with Gasteiger partial charge in [-0.15, -0.1) is 10.2 Å². The average molecular weight is 442 g/mol. The van der Waals surface area contributed by atoms with Crippen molar-refractivity contribution in [1.29, 1.82) is 0 Å². The lowest BCUT2D eigenvalue weighted by molar-refractivity contribution is 0.0955. The van der Waals surface area contributed by atoms with E-state index >= 15 is 0 Å². The Hall–Kier alpha value is -3.37. The highest BCUT2D eigenvalue weighted by Gasteiger charge is 2.14. The minimum atomic E-state index is -0.266. The lowest BCUT2D eigenvalue weighted by Gasteiger charge is -2.05. The van der Waals surface area contributed by atoms with Gasteiger partial charge in [0, 0.05) is 31.0 Å². The number of aryl methyl sites for hydroxylation is 1. The van der Waals surface area contributed by atoms with Crippen LogP contribution in [0.1, 0.15) is 28.4 Å². The van der Waals surface area contributed by atoms with Crippen LogP contribution in [0.4, 0.5) is 0 Å². The van der Waals surface area contributed by atoms with Gasteiger partial charge in [-0.1, -0.05) is 23.9 Å². The molecule has 0 fully saturated rings. The molecule has 1 aliphatic rings. The van der Waals surface area contributed by atoms with Crippen LogP contribution in [0.15, 0.2) is 59.0 Å². The Labute approximate surface area is 184 Å². The fraction of sp³-hybridized carbons (Fsp3) is 0.238. The molecule has 1 aromatic heterocycles. The smallest absolute Gasteiger partial charge is 0.271 e. The summed E-state index contributed by atoms with van der Waals surface area (Å²) in [6, 6.07) is 13.0. The van der Waals surface area contributed by atoms with E-state index in [4.69, 9.17) is 14.6 Å². The van der Waals surface area contributed by atoms with Gasteiger partial charge in [0.2, 0.25) is 6.79 Å². The zero-order chi connectivity index (χ0) is 22.2. The largest absolute Gasteiger partial charge is 0.454 e. The van der Waals surface area contributed by atoms with Crippen LogP contribution in [0.3, 0.4) is 0 Å². The predicted octanol–water partition coefficient (Wildman–Crippen LogP) is 2.60. The highest BCUT2D eigenvalue weighted by molar-refractivity contribution is 7.98. The van der Waals surface area contributed by atoms with Gasteiger partial charge in [0.25, 0.3) is 5.91 Å². The number of ether oxygens (including phenoxy) is 2. The number of aliphatic hydroxyl groups is 1. The third kappa shape index (κ3) is 5.62. The second kappa shape index (κ2) is 10.6. The van der Waals surface area contributed by atoms with E-state index in [0.29, 0.717) is 22.8 Å². The van der Waals surface area contributed by atoms with Crippen molar-refractivity contribution in [2.75, 3.05) is 13.9 Å². The molecule has 0 saturated carbocycles. The molecule has 0 aliphatic carbocycles. The summed E-state index contributed by atoms with van der Waals surface area (Å²) < 4.78 is 12.5. The number of thioether (sulfide) groups is 1. The van der Waals surface area contributed by atoms with Crippen LogP contribution in [-0.2, 0) is 12.8 Å². The monoisotopic (exact) mass is 441 g/mol. The van der Waals surface area contributed by atoms with E-state index in [1.807, 2.05) is 48.9 Å². The Morgan fingerprint density at radius 2 is 1.87 bits per heavy atom. The maximum Gasteiger partial charge on any atom is 0.271 e. The molecule has 31 heavy (non-hydrogen) atoms. The van der Waals surface area contributed by atoms with Crippen molar-refractivity contribution >= 4 is 23.4 Å². The zero-order valence-electron chi connectivity index (χ0n) is 17.4. The van der Waals surface area contributed by atoms with Crippen LogP contribution in [0, 0.1) is 0 Å². The number of rotatable bonds is 6. The molecule has 0 saturated heterocycles.